The predicted molar refractivity (Wildman–Crippen MR) is 163 cm³/mol. The Kier molecular flexibility index (Phi) is 16.6. The third kappa shape index (κ3) is 12.9. The Bertz CT molecular complexity index is 1100. The lowest BCUT2D eigenvalue weighted by atomic mass is 10.0. The van der Waals surface area contributed by atoms with E-state index in [1.165, 1.54) is 12.4 Å². The molecule has 1 aromatic heterocycles. The van der Waals surface area contributed by atoms with Gasteiger partial charge in [0.25, 0.3) is 5.91 Å². The van der Waals surface area contributed by atoms with Crippen LogP contribution in [0.15, 0.2) is 41.7 Å². The number of primary amides is 1. The number of nitrogens with two attached hydrogens (primary N) is 2. The van der Waals surface area contributed by atoms with E-state index in [1.807, 2.05) is 29.2 Å². The molecule has 0 fully saturated rings. The van der Waals surface area contributed by atoms with Crippen molar-refractivity contribution < 1.29 is 35.1 Å². The van der Waals surface area contributed by atoms with Crippen molar-refractivity contribution in [2.75, 3.05) is 39.4 Å². The molecule has 0 aliphatic heterocycles. The minimum Gasteiger partial charge on any atom is -0.492 e. The lowest BCUT2D eigenvalue weighted by Gasteiger charge is -2.30. The van der Waals surface area contributed by atoms with Gasteiger partial charge >= 0.3 is 0 Å². The lowest BCUT2D eigenvalue weighted by Crippen LogP contribution is -2.50. The number of aliphatic hydroxyl groups is 5. The fourth-order valence-electron chi connectivity index (χ4n) is 4.46. The second-order valence-electron chi connectivity index (χ2n) is 10.5. The van der Waals surface area contributed by atoms with Crippen molar-refractivity contribution in [3.63, 3.8) is 0 Å². The van der Waals surface area contributed by atoms with Crippen molar-refractivity contribution >= 4 is 11.7 Å². The second-order valence-corrected chi connectivity index (χ2v) is 10.5. The Hall–Kier alpha value is -3.20. The van der Waals surface area contributed by atoms with Crippen LogP contribution in [0.1, 0.15) is 67.2 Å². The average molecular weight is 605 g/mol. The Morgan fingerprint density at radius 1 is 0.907 bits per heavy atom. The number of hydrogen-bond donors (Lipinski definition) is 7. The summed E-state index contributed by atoms with van der Waals surface area (Å²) < 4.78 is 5.92. The molecule has 2 rings (SSSR count). The Morgan fingerprint density at radius 2 is 1.58 bits per heavy atom. The highest BCUT2D eigenvalue weighted by molar-refractivity contribution is 6.05. The van der Waals surface area contributed by atoms with E-state index in [1.54, 1.807) is 0 Å². The highest BCUT2D eigenvalue weighted by Crippen LogP contribution is 2.15. The molecule has 0 radical (unpaired) electrons. The molecule has 0 saturated heterocycles. The number of carbonyl (C=O) groups excluding carboxylic acids is 1. The molecule has 4 atom stereocenters. The normalized spacial score (nSPS) is 14.8. The van der Waals surface area contributed by atoms with Gasteiger partial charge in [-0.05, 0) is 49.9 Å². The maximum absolute atomic E-state index is 11.5. The van der Waals surface area contributed by atoms with E-state index in [0.717, 1.165) is 50.5 Å². The number of aromatic nitrogens is 2. The van der Waals surface area contributed by atoms with E-state index < -0.39 is 36.9 Å². The quantitative estimate of drug-likeness (QED) is 0.0538. The van der Waals surface area contributed by atoms with E-state index in [2.05, 4.69) is 21.9 Å². The maximum atomic E-state index is 11.5. The number of ether oxygens (including phenoxy) is 1. The molecule has 13 nitrogen and oxygen atoms in total. The largest absolute Gasteiger partial charge is 0.492 e. The minimum atomic E-state index is -1.65. The topological polar surface area (TPSA) is 221 Å². The summed E-state index contributed by atoms with van der Waals surface area (Å²) in [6.45, 7) is 3.52. The average Bonchev–Trinajstić information content (AvgIpc) is 3.02. The molecule has 43 heavy (non-hydrogen) atoms. The molecule has 4 unspecified atom stereocenters. The summed E-state index contributed by atoms with van der Waals surface area (Å²) in [5, 5.41) is 49.2. The minimum absolute atomic E-state index is 0.00282. The zero-order valence-corrected chi connectivity index (χ0v) is 25.0. The SMILES string of the molecule is CCCCCCN(CCOc1ccc(CCCCN=C(N)c2nccnc2C(N)=O)cc1)CC(O)C(O)C(O)C(O)CO. The van der Waals surface area contributed by atoms with Crippen LogP contribution in [-0.4, -0.2) is 116 Å². The van der Waals surface area contributed by atoms with Gasteiger partial charge in [-0.15, -0.1) is 0 Å². The number of hydrogen-bond acceptors (Lipinski definition) is 11. The van der Waals surface area contributed by atoms with Gasteiger partial charge in [-0.2, -0.15) is 0 Å². The van der Waals surface area contributed by atoms with Crippen LogP contribution < -0.4 is 16.2 Å². The zero-order chi connectivity index (χ0) is 31.6. The fourth-order valence-corrected chi connectivity index (χ4v) is 4.46. The van der Waals surface area contributed by atoms with Crippen LogP contribution in [0.3, 0.4) is 0 Å². The number of nitrogens with zero attached hydrogens (tertiary/aromatic N) is 4. The van der Waals surface area contributed by atoms with Crippen molar-refractivity contribution in [1.82, 2.24) is 14.9 Å². The lowest BCUT2D eigenvalue weighted by molar-refractivity contribution is -0.119. The first-order valence-electron chi connectivity index (χ1n) is 14.9. The van der Waals surface area contributed by atoms with Crippen molar-refractivity contribution in [2.24, 2.45) is 16.5 Å². The summed E-state index contributed by atoms with van der Waals surface area (Å²) in [5.74, 6) is 0.134. The van der Waals surface area contributed by atoms with E-state index >= 15 is 0 Å². The standard InChI is InChI=1S/C30H48N6O7/c1-2-3-4-7-16-36(19-23(38)27(40)28(41)24(39)20-37)17-18-43-22-11-9-21(10-12-22)8-5-6-13-35-29(31)25-26(30(32)42)34-15-14-33-25/h9-12,14-15,23-24,27-28,37-41H,2-8,13,16-20H2,1H3,(H2,31,35)(H2,32,42). The summed E-state index contributed by atoms with van der Waals surface area (Å²) in [6, 6.07) is 7.81. The van der Waals surface area contributed by atoms with E-state index in [-0.39, 0.29) is 23.8 Å². The van der Waals surface area contributed by atoms with Crippen LogP contribution in [0.2, 0.25) is 0 Å². The third-order valence-electron chi connectivity index (χ3n) is 7.03. The molecule has 9 N–H and O–H groups in total. The van der Waals surface area contributed by atoms with Gasteiger partial charge in [0.05, 0.1) is 12.7 Å². The summed E-state index contributed by atoms with van der Waals surface area (Å²) in [7, 11) is 0. The van der Waals surface area contributed by atoms with Crippen molar-refractivity contribution in [1.29, 1.82) is 0 Å². The van der Waals surface area contributed by atoms with Crippen molar-refractivity contribution in [3.8, 4) is 5.75 Å². The summed E-state index contributed by atoms with van der Waals surface area (Å²) in [5.41, 5.74) is 12.6. The molecule has 0 spiro atoms. The van der Waals surface area contributed by atoms with Crippen LogP contribution in [0.4, 0.5) is 0 Å². The van der Waals surface area contributed by atoms with Crippen LogP contribution in [-0.2, 0) is 6.42 Å². The molecular formula is C30H48N6O7. The van der Waals surface area contributed by atoms with Gasteiger partial charge in [0.1, 0.15) is 42.2 Å². The summed E-state index contributed by atoms with van der Waals surface area (Å²) in [4.78, 5) is 25.7. The molecule has 0 aliphatic carbocycles. The van der Waals surface area contributed by atoms with Gasteiger partial charge in [0.2, 0.25) is 0 Å². The van der Waals surface area contributed by atoms with E-state index in [9.17, 15) is 25.2 Å². The highest BCUT2D eigenvalue weighted by atomic mass is 16.5. The molecule has 1 amide bonds. The van der Waals surface area contributed by atoms with Crippen molar-refractivity contribution in [3.05, 3.63) is 53.6 Å². The van der Waals surface area contributed by atoms with Crippen molar-refractivity contribution in [2.45, 2.75) is 76.3 Å². The Morgan fingerprint density at radius 3 is 2.23 bits per heavy atom. The van der Waals surface area contributed by atoms with Gasteiger partial charge in [-0.25, -0.2) is 9.97 Å². The number of amides is 1. The zero-order valence-electron chi connectivity index (χ0n) is 25.0. The summed E-state index contributed by atoms with van der Waals surface area (Å²) >= 11 is 0. The molecule has 0 saturated carbocycles. The molecular weight excluding hydrogens is 556 g/mol. The molecule has 0 bridgehead atoms. The number of amidine groups is 1. The van der Waals surface area contributed by atoms with Gasteiger partial charge in [-0.3, -0.25) is 14.7 Å². The monoisotopic (exact) mass is 604 g/mol. The fraction of sp³-hybridized carbons (Fsp3) is 0.600. The smallest absolute Gasteiger partial charge is 0.269 e. The first kappa shape index (κ1) is 36.0. The van der Waals surface area contributed by atoms with Crippen LogP contribution in [0.25, 0.3) is 0 Å². The first-order chi connectivity index (χ1) is 20.7. The van der Waals surface area contributed by atoms with Crippen LogP contribution >= 0.6 is 0 Å². The molecule has 2 aromatic rings. The van der Waals surface area contributed by atoms with Gasteiger partial charge in [-0.1, -0.05) is 38.3 Å². The van der Waals surface area contributed by atoms with Gasteiger partial charge < -0.3 is 41.7 Å². The third-order valence-corrected chi connectivity index (χ3v) is 7.03. The van der Waals surface area contributed by atoms with Gasteiger partial charge in [0.15, 0.2) is 5.69 Å². The maximum Gasteiger partial charge on any atom is 0.269 e. The molecule has 1 aromatic carbocycles. The van der Waals surface area contributed by atoms with E-state index in [4.69, 9.17) is 21.3 Å². The second kappa shape index (κ2) is 19.9. The highest BCUT2D eigenvalue weighted by Gasteiger charge is 2.31. The van der Waals surface area contributed by atoms with Crippen LogP contribution in [0.5, 0.6) is 5.75 Å². The number of rotatable bonds is 22. The predicted octanol–water partition coefficient (Wildman–Crippen LogP) is 0.000700. The Balaban J connectivity index is 1.79. The molecule has 0 aliphatic rings. The van der Waals surface area contributed by atoms with E-state index in [0.29, 0.717) is 32.0 Å². The molecule has 1 heterocycles. The first-order valence-corrected chi connectivity index (χ1v) is 14.9. The van der Waals surface area contributed by atoms with Crippen LogP contribution in [0, 0.1) is 0 Å². The number of aliphatic imine (C=N–C) groups is 1. The number of benzene rings is 1. The number of unbranched alkanes of at least 4 members (excludes halogenated alkanes) is 4. The van der Waals surface area contributed by atoms with Gasteiger partial charge in [0, 0.05) is 32.0 Å². The number of aryl methyl sites for hydroxylation is 1. The molecule has 240 valence electrons. The molecule has 13 heteroatoms. The number of aliphatic hydroxyl groups excluding tert-OH is 5. The summed E-state index contributed by atoms with van der Waals surface area (Å²) in [6.07, 6.45) is 3.39. The number of carbonyl (C=O) groups is 1. The Labute approximate surface area is 253 Å².